The summed E-state index contributed by atoms with van der Waals surface area (Å²) in [6.45, 7) is 4.27. The molecule has 1 aliphatic heterocycles. The highest BCUT2D eigenvalue weighted by Crippen LogP contribution is 2.33. The van der Waals surface area contributed by atoms with Crippen molar-refractivity contribution in [1.82, 2.24) is 30.0 Å². The highest BCUT2D eigenvalue weighted by atomic mass is 32.2. The molecule has 4 heterocycles. The fourth-order valence-corrected chi connectivity index (χ4v) is 6.08. The van der Waals surface area contributed by atoms with E-state index in [1.165, 1.54) is 35.9 Å². The lowest BCUT2D eigenvalue weighted by atomic mass is 10.0. The van der Waals surface area contributed by atoms with Gasteiger partial charge in [-0.2, -0.15) is 5.10 Å². The molecular weight excluding hydrogens is 464 g/mol. The van der Waals surface area contributed by atoms with Crippen molar-refractivity contribution in [3.63, 3.8) is 0 Å². The van der Waals surface area contributed by atoms with Gasteiger partial charge in [-0.1, -0.05) is 11.8 Å². The Balaban J connectivity index is 1.30. The third-order valence-electron chi connectivity index (χ3n) is 5.63. The van der Waals surface area contributed by atoms with Crippen LogP contribution in [0.25, 0.3) is 0 Å². The highest BCUT2D eigenvalue weighted by Gasteiger charge is 2.32. The number of rotatable bonds is 8. The summed E-state index contributed by atoms with van der Waals surface area (Å²) in [5, 5.41) is 12.4. The van der Waals surface area contributed by atoms with Gasteiger partial charge in [0.05, 0.1) is 12.3 Å². The van der Waals surface area contributed by atoms with Crippen LogP contribution in [0, 0.1) is 12.8 Å². The van der Waals surface area contributed by atoms with Crippen molar-refractivity contribution in [2.24, 2.45) is 5.92 Å². The van der Waals surface area contributed by atoms with E-state index >= 15 is 0 Å². The van der Waals surface area contributed by atoms with Gasteiger partial charge in [0.1, 0.15) is 5.01 Å². The zero-order valence-electron chi connectivity index (χ0n) is 17.7. The number of aryl methyl sites for hydroxylation is 1. The van der Waals surface area contributed by atoms with Gasteiger partial charge >= 0.3 is 0 Å². The van der Waals surface area contributed by atoms with E-state index in [-0.39, 0.29) is 11.8 Å². The molecule has 3 aromatic rings. The molecule has 3 aromatic heterocycles. The van der Waals surface area contributed by atoms with Crippen LogP contribution in [-0.2, 0) is 30.8 Å². The molecule has 2 amide bonds. The van der Waals surface area contributed by atoms with Gasteiger partial charge in [0.2, 0.25) is 5.91 Å². The van der Waals surface area contributed by atoms with Crippen molar-refractivity contribution in [3.05, 3.63) is 44.6 Å². The normalized spacial score (nSPS) is 15.6. The number of thioether (sulfide) groups is 1. The zero-order chi connectivity index (χ0) is 22.1. The standard InChI is InChI=1S/C21H24N6O2S3/c1-13-11-31-21(24-13)32-12-18(28)26-6-4-16-15(10-26)19(25-27(16)9-14-2-3-14)20(29)23-8-17-22-5-7-30-17/h5,7,11,14H,2-4,6,8-10,12H2,1H3,(H,23,29). The average Bonchev–Trinajstić information content (AvgIpc) is 3.16. The van der Waals surface area contributed by atoms with Crippen molar-refractivity contribution < 1.29 is 9.59 Å². The van der Waals surface area contributed by atoms with Gasteiger partial charge in [-0.15, -0.1) is 22.7 Å². The number of carbonyl (C=O) groups is 2. The molecule has 11 heteroatoms. The molecule has 8 nitrogen and oxygen atoms in total. The van der Waals surface area contributed by atoms with Crippen molar-refractivity contribution in [2.45, 2.75) is 50.2 Å². The summed E-state index contributed by atoms with van der Waals surface area (Å²) >= 11 is 4.55. The minimum absolute atomic E-state index is 0.0672. The van der Waals surface area contributed by atoms with Crippen LogP contribution in [0.5, 0.6) is 0 Å². The Bertz CT molecular complexity index is 1120. The zero-order valence-corrected chi connectivity index (χ0v) is 20.2. The maximum Gasteiger partial charge on any atom is 0.272 e. The van der Waals surface area contributed by atoms with Crippen LogP contribution in [0.1, 0.15) is 45.3 Å². The third-order valence-corrected chi connectivity index (χ3v) is 8.53. The molecule has 0 aromatic carbocycles. The summed E-state index contributed by atoms with van der Waals surface area (Å²) in [6, 6.07) is 0. The number of fused-ring (bicyclic) bond motifs is 1. The number of hydrogen-bond donors (Lipinski definition) is 1. The van der Waals surface area contributed by atoms with Crippen molar-refractivity contribution >= 4 is 46.2 Å². The van der Waals surface area contributed by atoms with Crippen molar-refractivity contribution in [1.29, 1.82) is 0 Å². The van der Waals surface area contributed by atoms with Gasteiger partial charge in [-0.3, -0.25) is 14.3 Å². The average molecular weight is 489 g/mol. The van der Waals surface area contributed by atoms with Gasteiger partial charge in [-0.05, 0) is 25.7 Å². The Hall–Kier alpha value is -2.24. The number of amides is 2. The minimum atomic E-state index is -0.201. The Morgan fingerprint density at radius 1 is 1.31 bits per heavy atom. The van der Waals surface area contributed by atoms with Crippen LogP contribution in [0.2, 0.25) is 0 Å². The molecule has 168 valence electrons. The lowest BCUT2D eigenvalue weighted by Crippen LogP contribution is -2.38. The molecule has 1 saturated carbocycles. The van der Waals surface area contributed by atoms with Gasteiger partial charge in [0.25, 0.3) is 5.91 Å². The van der Waals surface area contributed by atoms with E-state index in [1.54, 1.807) is 17.5 Å². The molecule has 0 radical (unpaired) electrons. The first-order valence-electron chi connectivity index (χ1n) is 10.6. The van der Waals surface area contributed by atoms with Gasteiger partial charge in [-0.25, -0.2) is 9.97 Å². The molecule has 0 atom stereocenters. The van der Waals surface area contributed by atoms with E-state index < -0.39 is 0 Å². The SMILES string of the molecule is Cc1csc(SCC(=O)N2CCc3c(c(C(=O)NCc4nccs4)nn3CC3CC3)C2)n1. The molecule has 1 aliphatic carbocycles. The fraction of sp³-hybridized carbons (Fsp3) is 0.476. The van der Waals surface area contributed by atoms with E-state index in [2.05, 4.69) is 15.3 Å². The van der Waals surface area contributed by atoms with E-state index in [0.717, 1.165) is 39.3 Å². The Morgan fingerprint density at radius 3 is 2.91 bits per heavy atom. The van der Waals surface area contributed by atoms with Crippen LogP contribution in [0.15, 0.2) is 21.3 Å². The van der Waals surface area contributed by atoms with E-state index in [1.807, 2.05) is 27.3 Å². The fourth-order valence-electron chi connectivity index (χ4n) is 3.78. The summed E-state index contributed by atoms with van der Waals surface area (Å²) < 4.78 is 2.92. The van der Waals surface area contributed by atoms with Gasteiger partial charge in [0.15, 0.2) is 10.0 Å². The topological polar surface area (TPSA) is 93.0 Å². The van der Waals surface area contributed by atoms with Crippen LogP contribution in [0.3, 0.4) is 0 Å². The molecule has 1 fully saturated rings. The summed E-state index contributed by atoms with van der Waals surface area (Å²) in [6.07, 6.45) is 4.89. The maximum atomic E-state index is 13.0. The predicted octanol–water partition coefficient (Wildman–Crippen LogP) is 3.12. The summed E-state index contributed by atoms with van der Waals surface area (Å²) in [7, 11) is 0. The number of hydrogen-bond acceptors (Lipinski definition) is 8. The minimum Gasteiger partial charge on any atom is -0.344 e. The first kappa shape index (κ1) is 21.6. The molecule has 2 aliphatic rings. The predicted molar refractivity (Wildman–Crippen MR) is 125 cm³/mol. The van der Waals surface area contributed by atoms with E-state index in [0.29, 0.717) is 37.0 Å². The second-order valence-electron chi connectivity index (χ2n) is 8.12. The second-order valence-corrected chi connectivity index (χ2v) is 11.2. The highest BCUT2D eigenvalue weighted by molar-refractivity contribution is 8.01. The molecule has 0 bridgehead atoms. The summed E-state index contributed by atoms with van der Waals surface area (Å²) in [5.74, 6) is 0.873. The summed E-state index contributed by atoms with van der Waals surface area (Å²) in [5.41, 5.74) is 3.41. The van der Waals surface area contributed by atoms with Crippen LogP contribution in [0.4, 0.5) is 0 Å². The number of aromatic nitrogens is 4. The van der Waals surface area contributed by atoms with Gasteiger partial charge in [0, 0.05) is 60.0 Å². The van der Waals surface area contributed by atoms with E-state index in [9.17, 15) is 9.59 Å². The van der Waals surface area contributed by atoms with Crippen LogP contribution in [-0.4, -0.2) is 48.8 Å². The maximum absolute atomic E-state index is 13.0. The first-order chi connectivity index (χ1) is 15.6. The molecular formula is C21H24N6O2S3. The lowest BCUT2D eigenvalue weighted by Gasteiger charge is -2.27. The number of thiazole rings is 2. The summed E-state index contributed by atoms with van der Waals surface area (Å²) in [4.78, 5) is 36.4. The number of nitrogens with zero attached hydrogens (tertiary/aromatic N) is 5. The molecule has 0 spiro atoms. The second kappa shape index (κ2) is 9.32. The Morgan fingerprint density at radius 2 is 2.19 bits per heavy atom. The van der Waals surface area contributed by atoms with Gasteiger partial charge < -0.3 is 10.2 Å². The number of carbonyl (C=O) groups excluding carboxylic acids is 2. The molecule has 0 unspecified atom stereocenters. The molecule has 1 N–H and O–H groups in total. The van der Waals surface area contributed by atoms with Crippen LogP contribution < -0.4 is 5.32 Å². The Labute approximate surface area is 198 Å². The smallest absolute Gasteiger partial charge is 0.272 e. The monoisotopic (exact) mass is 488 g/mol. The number of nitrogens with one attached hydrogen (secondary N) is 1. The van der Waals surface area contributed by atoms with Crippen molar-refractivity contribution in [2.75, 3.05) is 12.3 Å². The van der Waals surface area contributed by atoms with E-state index in [4.69, 9.17) is 5.10 Å². The first-order valence-corrected chi connectivity index (χ1v) is 13.4. The quantitative estimate of drug-likeness (QED) is 0.490. The van der Waals surface area contributed by atoms with Crippen molar-refractivity contribution in [3.8, 4) is 0 Å². The largest absolute Gasteiger partial charge is 0.344 e. The molecule has 32 heavy (non-hydrogen) atoms. The molecule has 0 saturated heterocycles. The van der Waals surface area contributed by atoms with Crippen LogP contribution >= 0.6 is 34.4 Å². The lowest BCUT2D eigenvalue weighted by molar-refractivity contribution is -0.129. The molecule has 5 rings (SSSR count). The Kier molecular flexibility index (Phi) is 6.29. The third kappa shape index (κ3) is 4.89.